The van der Waals surface area contributed by atoms with Crippen molar-refractivity contribution in [2.24, 2.45) is 28.9 Å². The third-order valence-corrected chi connectivity index (χ3v) is 9.45. The molecule has 1 unspecified atom stereocenters. The van der Waals surface area contributed by atoms with Crippen LogP contribution >= 0.6 is 0 Å². The first-order valence-corrected chi connectivity index (χ1v) is 13.3. The molecule has 5 fully saturated rings. The summed E-state index contributed by atoms with van der Waals surface area (Å²) in [4.78, 5) is 21.4. The fraction of sp³-hybridized carbons (Fsp3) is 0.643. The first-order valence-electron chi connectivity index (χ1n) is 13.3. The molecule has 5 nitrogen and oxygen atoms in total. The largest absolute Gasteiger partial charge is 0.368 e. The molecule has 2 heterocycles. The van der Waals surface area contributed by atoms with Crippen LogP contribution in [0.25, 0.3) is 10.9 Å². The summed E-state index contributed by atoms with van der Waals surface area (Å²) < 4.78 is 13.9. The number of piperazine rings is 1. The van der Waals surface area contributed by atoms with Crippen LogP contribution in [-0.2, 0) is 4.79 Å². The van der Waals surface area contributed by atoms with Gasteiger partial charge in [-0.15, -0.1) is 0 Å². The number of amides is 1. The molecule has 6 heteroatoms. The highest BCUT2D eigenvalue weighted by Crippen LogP contribution is 2.61. The average molecular weight is 465 g/mol. The van der Waals surface area contributed by atoms with Crippen LogP contribution in [0.1, 0.15) is 57.8 Å². The number of anilines is 1. The van der Waals surface area contributed by atoms with Crippen LogP contribution in [0.5, 0.6) is 0 Å². The Labute approximate surface area is 201 Å². The van der Waals surface area contributed by atoms with Crippen LogP contribution < -0.4 is 10.6 Å². The molecular formula is C28H37FN4O. The molecule has 34 heavy (non-hydrogen) atoms. The van der Waals surface area contributed by atoms with Gasteiger partial charge < -0.3 is 10.6 Å². The molecule has 1 saturated heterocycles. The Morgan fingerprint density at radius 3 is 2.38 bits per heavy atom. The lowest BCUT2D eigenvalue weighted by Gasteiger charge is -2.57. The average Bonchev–Trinajstić information content (AvgIpc) is 2.80. The van der Waals surface area contributed by atoms with Gasteiger partial charge in [0.2, 0.25) is 5.91 Å². The molecular weight excluding hydrogens is 427 g/mol. The third-order valence-electron chi connectivity index (χ3n) is 9.45. The Bertz CT molecular complexity index is 1030. The minimum atomic E-state index is -0.242. The second kappa shape index (κ2) is 8.78. The van der Waals surface area contributed by atoms with E-state index in [0.29, 0.717) is 5.41 Å². The van der Waals surface area contributed by atoms with Crippen molar-refractivity contribution in [1.82, 2.24) is 9.88 Å². The number of hydrogen-bond donors (Lipinski definition) is 1. The molecule has 1 aromatic carbocycles. The summed E-state index contributed by atoms with van der Waals surface area (Å²) in [6, 6.07) is 6.55. The van der Waals surface area contributed by atoms with E-state index in [2.05, 4.69) is 14.8 Å². The lowest BCUT2D eigenvalue weighted by atomic mass is 9.48. The molecule has 4 aliphatic carbocycles. The maximum absolute atomic E-state index is 13.9. The molecule has 0 spiro atoms. The highest BCUT2D eigenvalue weighted by atomic mass is 19.1. The monoisotopic (exact) mass is 464 g/mol. The van der Waals surface area contributed by atoms with E-state index in [4.69, 9.17) is 5.73 Å². The van der Waals surface area contributed by atoms with E-state index < -0.39 is 0 Å². The van der Waals surface area contributed by atoms with Crippen molar-refractivity contribution in [2.45, 2.75) is 63.8 Å². The van der Waals surface area contributed by atoms with Crippen molar-refractivity contribution in [3.63, 3.8) is 0 Å². The Morgan fingerprint density at radius 2 is 1.74 bits per heavy atom. The Hall–Kier alpha value is -2.21. The molecule has 1 amide bonds. The van der Waals surface area contributed by atoms with Crippen molar-refractivity contribution in [3.8, 4) is 0 Å². The topological polar surface area (TPSA) is 62.5 Å². The fourth-order valence-electron chi connectivity index (χ4n) is 8.43. The predicted octanol–water partition coefficient (Wildman–Crippen LogP) is 4.74. The first-order chi connectivity index (χ1) is 16.5. The van der Waals surface area contributed by atoms with Crippen LogP contribution in [0.2, 0.25) is 0 Å². The zero-order valence-electron chi connectivity index (χ0n) is 20.1. The number of rotatable bonds is 7. The first kappa shape index (κ1) is 22.3. The predicted molar refractivity (Wildman–Crippen MR) is 133 cm³/mol. The second-order valence-corrected chi connectivity index (χ2v) is 11.7. The van der Waals surface area contributed by atoms with Crippen LogP contribution in [0.15, 0.2) is 30.5 Å². The van der Waals surface area contributed by atoms with Gasteiger partial charge in [0.25, 0.3) is 0 Å². The SMILES string of the molecule is NC(=O)C(CCCC12CC3CC(CC(C3)C1)C2)N1CCN(c2ccnc3ccc(F)cc23)CC1. The van der Waals surface area contributed by atoms with Gasteiger partial charge in [0, 0.05) is 43.4 Å². The van der Waals surface area contributed by atoms with Gasteiger partial charge in [-0.25, -0.2) is 4.39 Å². The number of carbonyl (C=O) groups excluding carboxylic acids is 1. The van der Waals surface area contributed by atoms with E-state index in [9.17, 15) is 9.18 Å². The summed E-state index contributed by atoms with van der Waals surface area (Å²) >= 11 is 0. The quantitative estimate of drug-likeness (QED) is 0.643. The van der Waals surface area contributed by atoms with Crippen LogP contribution in [0.4, 0.5) is 10.1 Å². The normalized spacial score (nSPS) is 31.8. The van der Waals surface area contributed by atoms with Crippen LogP contribution in [0.3, 0.4) is 0 Å². The molecule has 1 aliphatic heterocycles. The smallest absolute Gasteiger partial charge is 0.234 e. The minimum absolute atomic E-state index is 0.178. The zero-order valence-corrected chi connectivity index (χ0v) is 20.1. The van der Waals surface area contributed by atoms with E-state index in [1.807, 2.05) is 6.07 Å². The van der Waals surface area contributed by atoms with E-state index >= 15 is 0 Å². The van der Waals surface area contributed by atoms with E-state index in [1.54, 1.807) is 18.3 Å². The lowest BCUT2D eigenvalue weighted by Crippen LogP contribution is -2.54. The van der Waals surface area contributed by atoms with Crippen molar-refractivity contribution < 1.29 is 9.18 Å². The van der Waals surface area contributed by atoms with Crippen molar-refractivity contribution in [1.29, 1.82) is 0 Å². The summed E-state index contributed by atoms with van der Waals surface area (Å²) in [6.07, 6.45) is 13.8. The van der Waals surface area contributed by atoms with Crippen LogP contribution in [0, 0.1) is 29.0 Å². The highest BCUT2D eigenvalue weighted by Gasteiger charge is 2.50. The number of hydrogen-bond acceptors (Lipinski definition) is 4. The lowest BCUT2D eigenvalue weighted by molar-refractivity contribution is -0.124. The third kappa shape index (κ3) is 4.19. The summed E-state index contributed by atoms with van der Waals surface area (Å²) in [5.74, 6) is 2.50. The Balaban J connectivity index is 1.07. The number of nitrogens with two attached hydrogens (primary N) is 1. The van der Waals surface area contributed by atoms with Gasteiger partial charge in [0.15, 0.2) is 0 Å². The van der Waals surface area contributed by atoms with E-state index in [1.165, 1.54) is 51.0 Å². The summed E-state index contributed by atoms with van der Waals surface area (Å²) in [5, 5.41) is 0.845. The molecule has 1 atom stereocenters. The number of pyridine rings is 1. The molecule has 182 valence electrons. The summed E-state index contributed by atoms with van der Waals surface area (Å²) in [6.45, 7) is 3.19. The van der Waals surface area contributed by atoms with Crippen molar-refractivity contribution in [3.05, 3.63) is 36.3 Å². The van der Waals surface area contributed by atoms with Gasteiger partial charge in [0.1, 0.15) is 5.82 Å². The maximum Gasteiger partial charge on any atom is 0.234 e. The van der Waals surface area contributed by atoms with Crippen molar-refractivity contribution >= 4 is 22.5 Å². The van der Waals surface area contributed by atoms with Gasteiger partial charge >= 0.3 is 0 Å². The van der Waals surface area contributed by atoms with Gasteiger partial charge in [-0.2, -0.15) is 0 Å². The Morgan fingerprint density at radius 1 is 1.06 bits per heavy atom. The van der Waals surface area contributed by atoms with E-state index in [-0.39, 0.29) is 17.8 Å². The second-order valence-electron chi connectivity index (χ2n) is 11.7. The molecule has 1 aromatic heterocycles. The summed E-state index contributed by atoms with van der Waals surface area (Å²) in [7, 11) is 0. The zero-order chi connectivity index (χ0) is 23.3. The number of benzene rings is 1. The molecule has 5 aliphatic rings. The van der Waals surface area contributed by atoms with Gasteiger partial charge in [0.05, 0.1) is 11.6 Å². The molecule has 0 radical (unpaired) electrons. The van der Waals surface area contributed by atoms with Gasteiger partial charge in [-0.05, 0) is 98.8 Å². The van der Waals surface area contributed by atoms with Crippen molar-refractivity contribution in [2.75, 3.05) is 31.1 Å². The number of carbonyl (C=O) groups is 1. The number of primary amides is 1. The Kier molecular flexibility index (Phi) is 5.75. The molecule has 2 aromatic rings. The number of fused-ring (bicyclic) bond motifs is 1. The number of nitrogens with zero attached hydrogens (tertiary/aromatic N) is 3. The van der Waals surface area contributed by atoms with Gasteiger partial charge in [-0.1, -0.05) is 6.42 Å². The summed E-state index contributed by atoms with van der Waals surface area (Å²) in [5.41, 5.74) is 8.29. The molecule has 7 rings (SSSR count). The molecule has 4 bridgehead atoms. The maximum atomic E-state index is 13.9. The van der Waals surface area contributed by atoms with E-state index in [0.717, 1.165) is 73.4 Å². The molecule has 2 N–H and O–H groups in total. The minimum Gasteiger partial charge on any atom is -0.368 e. The van der Waals surface area contributed by atoms with Crippen LogP contribution in [-0.4, -0.2) is 48.0 Å². The fourth-order valence-corrected chi connectivity index (χ4v) is 8.43. The standard InChI is InChI=1S/C28H37FN4O/c29-22-3-4-24-23(15-22)25(5-7-31-24)32-8-10-33(11-9-32)26(27(30)34)2-1-6-28-16-19-12-20(17-28)14-21(13-19)18-28/h3-5,7,15,19-21,26H,1-2,6,8-14,16-18H2,(H2,30,34). The van der Waals surface area contributed by atoms with Gasteiger partial charge in [-0.3, -0.25) is 14.7 Å². The highest BCUT2D eigenvalue weighted by molar-refractivity contribution is 5.91. The molecule has 4 saturated carbocycles. The number of aromatic nitrogens is 1. The number of halogens is 1.